The number of hydrogen-bond donors (Lipinski definition) is 1. The van der Waals surface area contributed by atoms with Crippen molar-refractivity contribution < 1.29 is 40.4 Å². The number of nitrogens with zero attached hydrogens (tertiary/aromatic N) is 1. The van der Waals surface area contributed by atoms with Gasteiger partial charge in [0.25, 0.3) is 10.0 Å². The number of ether oxygens (including phenoxy) is 1. The lowest BCUT2D eigenvalue weighted by atomic mass is 10.1. The van der Waals surface area contributed by atoms with Crippen molar-refractivity contribution >= 4 is 20.9 Å². The van der Waals surface area contributed by atoms with Gasteiger partial charge in [-0.15, -0.1) is 0 Å². The van der Waals surface area contributed by atoms with E-state index in [0.717, 1.165) is 15.1 Å². The smallest absolute Gasteiger partial charge is 0.340 e. The minimum absolute atomic E-state index is 0.0578. The molecular weight excluding hydrogens is 515 g/mol. The first-order chi connectivity index (χ1) is 17.6. The van der Waals surface area contributed by atoms with Crippen LogP contribution >= 0.6 is 0 Å². The van der Waals surface area contributed by atoms with Crippen LogP contribution in [0.1, 0.15) is 11.1 Å². The van der Waals surface area contributed by atoms with Gasteiger partial charge in [-0.1, -0.05) is 30.3 Å². The fraction of sp³-hybridized carbons (Fsp3) is 0.231. The van der Waals surface area contributed by atoms with Gasteiger partial charge >= 0.3 is 12.3 Å². The Morgan fingerprint density at radius 2 is 1.73 bits per heavy atom. The molecule has 1 aromatic heterocycles. The Morgan fingerprint density at radius 1 is 0.973 bits per heavy atom. The second kappa shape index (κ2) is 10.9. The Morgan fingerprint density at radius 3 is 2.46 bits per heavy atom. The first-order valence-corrected chi connectivity index (χ1v) is 12.8. The third kappa shape index (κ3) is 6.11. The number of halogens is 5. The van der Waals surface area contributed by atoms with Crippen molar-refractivity contribution in [1.29, 1.82) is 0 Å². The van der Waals surface area contributed by atoms with Gasteiger partial charge in [-0.3, -0.25) is 0 Å². The minimum Gasteiger partial charge on any atom is -0.487 e. The van der Waals surface area contributed by atoms with Crippen molar-refractivity contribution in [3.05, 3.63) is 95.9 Å². The van der Waals surface area contributed by atoms with E-state index in [2.05, 4.69) is 0 Å². The third-order valence-electron chi connectivity index (χ3n) is 5.76. The van der Waals surface area contributed by atoms with Crippen LogP contribution in [0, 0.1) is 5.82 Å². The van der Waals surface area contributed by atoms with Crippen molar-refractivity contribution in [2.75, 3.05) is 13.2 Å². The van der Waals surface area contributed by atoms with Crippen LogP contribution in [-0.4, -0.2) is 37.9 Å². The van der Waals surface area contributed by atoms with Crippen molar-refractivity contribution in [2.24, 2.45) is 0 Å². The van der Waals surface area contributed by atoms with Gasteiger partial charge < -0.3 is 10.1 Å². The zero-order chi connectivity index (χ0) is 26.6. The molecule has 196 valence electrons. The maximum absolute atomic E-state index is 14.0. The van der Waals surface area contributed by atoms with Crippen LogP contribution in [0.5, 0.6) is 5.75 Å². The van der Waals surface area contributed by atoms with Crippen LogP contribution in [-0.2, 0) is 23.0 Å². The molecule has 3 aromatic carbocycles. The number of fused-ring (bicyclic) bond motifs is 1. The third-order valence-corrected chi connectivity index (χ3v) is 7.45. The van der Waals surface area contributed by atoms with E-state index in [4.69, 9.17) is 4.74 Å². The number of alkyl halides is 4. The van der Waals surface area contributed by atoms with Crippen molar-refractivity contribution in [1.82, 2.24) is 3.97 Å². The molecule has 0 aliphatic rings. The van der Waals surface area contributed by atoms with Crippen LogP contribution in [0.4, 0.5) is 22.0 Å². The second-order valence-electron chi connectivity index (χ2n) is 8.46. The average Bonchev–Trinajstić information content (AvgIpc) is 3.24. The lowest BCUT2D eigenvalue weighted by Gasteiger charge is -2.16. The van der Waals surface area contributed by atoms with Crippen LogP contribution in [0.2, 0.25) is 0 Å². The van der Waals surface area contributed by atoms with E-state index in [1.54, 1.807) is 36.4 Å². The molecule has 0 atom stereocenters. The molecule has 0 bridgehead atoms. The van der Waals surface area contributed by atoms with Crippen molar-refractivity contribution in [3.63, 3.8) is 0 Å². The number of aromatic nitrogens is 1. The fourth-order valence-electron chi connectivity index (χ4n) is 3.87. The molecule has 4 aromatic rings. The zero-order valence-electron chi connectivity index (χ0n) is 19.5. The summed E-state index contributed by atoms with van der Waals surface area (Å²) in [6.45, 7) is -0.442. The molecule has 0 saturated carbocycles. The molecule has 0 spiro atoms. The Hall–Kier alpha value is -3.44. The molecule has 1 heterocycles. The second-order valence-corrected chi connectivity index (χ2v) is 10.3. The number of hydrogen-bond acceptors (Lipinski definition) is 3. The highest BCUT2D eigenvalue weighted by Crippen LogP contribution is 2.27. The van der Waals surface area contributed by atoms with Gasteiger partial charge in [0.2, 0.25) is 0 Å². The molecule has 0 saturated heterocycles. The summed E-state index contributed by atoms with van der Waals surface area (Å²) >= 11 is 0. The van der Waals surface area contributed by atoms with Crippen LogP contribution < -0.4 is 10.1 Å². The standard InChI is InChI=1S/C26H23F5N2O3S/c27-20-9-10-23-19(16-33(24(23)14-20)37(34,35)22-7-2-1-3-8-22)11-12-32-15-18-5-4-6-21(13-18)36-17-26(30,31)25(28)29/h1-10,13-14,16,25,32H,11-12,15,17H2/p+1. The molecule has 2 N–H and O–H groups in total. The van der Waals surface area contributed by atoms with E-state index in [1.807, 2.05) is 5.32 Å². The lowest BCUT2D eigenvalue weighted by Crippen LogP contribution is -2.83. The number of quaternary nitrogens is 1. The molecule has 0 aliphatic carbocycles. The highest BCUT2D eigenvalue weighted by atomic mass is 32.2. The summed E-state index contributed by atoms with van der Waals surface area (Å²) in [5, 5.41) is 2.54. The number of benzene rings is 3. The van der Waals surface area contributed by atoms with E-state index >= 15 is 0 Å². The van der Waals surface area contributed by atoms with E-state index in [0.29, 0.717) is 24.9 Å². The van der Waals surface area contributed by atoms with E-state index in [-0.39, 0.29) is 16.2 Å². The first-order valence-electron chi connectivity index (χ1n) is 11.4. The lowest BCUT2D eigenvalue weighted by molar-refractivity contribution is -0.670. The maximum Gasteiger partial charge on any atom is 0.340 e. The van der Waals surface area contributed by atoms with Gasteiger partial charge in [0, 0.05) is 23.6 Å². The minimum atomic E-state index is -4.24. The topological polar surface area (TPSA) is 64.9 Å². The Kier molecular flexibility index (Phi) is 7.84. The van der Waals surface area contributed by atoms with Gasteiger partial charge in [-0.2, -0.15) is 8.78 Å². The molecule has 0 unspecified atom stereocenters. The average molecular weight is 540 g/mol. The first kappa shape index (κ1) is 26.6. The molecule has 5 nitrogen and oxygen atoms in total. The van der Waals surface area contributed by atoms with Gasteiger partial charge in [0.15, 0.2) is 6.61 Å². The summed E-state index contributed by atoms with van der Waals surface area (Å²) in [6.07, 6.45) is -1.84. The van der Waals surface area contributed by atoms with E-state index in [1.165, 1.54) is 42.6 Å². The van der Waals surface area contributed by atoms with E-state index < -0.39 is 34.8 Å². The summed E-state index contributed by atoms with van der Waals surface area (Å²) in [5.41, 5.74) is 1.69. The van der Waals surface area contributed by atoms with Crippen LogP contribution in [0.15, 0.2) is 83.9 Å². The molecular formula is C26H24F5N2O3S+. The molecule has 0 amide bonds. The van der Waals surface area contributed by atoms with Crippen molar-refractivity contribution in [3.8, 4) is 5.75 Å². The van der Waals surface area contributed by atoms with Gasteiger partial charge in [-0.25, -0.2) is 25.6 Å². The summed E-state index contributed by atoms with van der Waals surface area (Å²) in [5.74, 6) is -4.73. The van der Waals surface area contributed by atoms with Gasteiger partial charge in [-0.05, 0) is 48.0 Å². The van der Waals surface area contributed by atoms with Gasteiger partial charge in [0.1, 0.15) is 18.1 Å². The highest BCUT2D eigenvalue weighted by Gasteiger charge is 2.41. The normalized spacial score (nSPS) is 12.4. The zero-order valence-corrected chi connectivity index (χ0v) is 20.3. The number of nitrogens with two attached hydrogens (primary N) is 1. The predicted octanol–water partition coefficient (Wildman–Crippen LogP) is 4.60. The molecule has 0 fully saturated rings. The summed E-state index contributed by atoms with van der Waals surface area (Å²) in [7, 11) is -3.94. The van der Waals surface area contributed by atoms with Crippen molar-refractivity contribution in [2.45, 2.75) is 30.2 Å². The van der Waals surface area contributed by atoms with E-state index in [9.17, 15) is 30.4 Å². The summed E-state index contributed by atoms with van der Waals surface area (Å²) < 4.78 is 97.2. The Balaban J connectivity index is 1.44. The molecule has 11 heteroatoms. The monoisotopic (exact) mass is 539 g/mol. The molecule has 37 heavy (non-hydrogen) atoms. The Labute approximate surface area is 210 Å². The maximum atomic E-state index is 14.0. The highest BCUT2D eigenvalue weighted by molar-refractivity contribution is 7.90. The molecule has 0 aliphatic heterocycles. The fourth-order valence-corrected chi connectivity index (χ4v) is 5.28. The van der Waals surface area contributed by atoms with Gasteiger partial charge in [0.05, 0.1) is 17.0 Å². The molecule has 0 radical (unpaired) electrons. The quantitative estimate of drug-likeness (QED) is 0.224. The van der Waals surface area contributed by atoms with Crippen LogP contribution in [0.25, 0.3) is 10.9 Å². The number of rotatable bonds is 11. The van der Waals surface area contributed by atoms with Crippen LogP contribution in [0.3, 0.4) is 0 Å². The SMILES string of the molecule is O=S(=O)(c1ccccc1)n1cc(CC[NH2+]Cc2cccc(OCC(F)(F)C(F)F)c2)c2ccc(F)cc21. The largest absolute Gasteiger partial charge is 0.487 e. The molecule has 4 rings (SSSR count). The summed E-state index contributed by atoms with van der Waals surface area (Å²) in [6, 6.07) is 18.1. The summed E-state index contributed by atoms with van der Waals surface area (Å²) in [4.78, 5) is 0.0858. The Bertz CT molecular complexity index is 1470. The predicted molar refractivity (Wildman–Crippen MR) is 128 cm³/mol.